The predicted molar refractivity (Wildman–Crippen MR) is 157 cm³/mol. The first kappa shape index (κ1) is 26.8. The summed E-state index contributed by atoms with van der Waals surface area (Å²) < 4.78 is 40.3. The van der Waals surface area contributed by atoms with Gasteiger partial charge < -0.3 is 20.0 Å². The molecule has 2 heterocycles. The number of benzene rings is 2. The normalized spacial score (nSPS) is 31.2. The molecule has 2 aromatic carbocycles. The maximum atomic E-state index is 15.1. The number of anilines is 4. The minimum absolute atomic E-state index is 0.00711. The third-order valence-electron chi connectivity index (χ3n) is 9.88. The van der Waals surface area contributed by atoms with Gasteiger partial charge in [-0.05, 0) is 86.3 Å². The summed E-state index contributed by atoms with van der Waals surface area (Å²) in [6, 6.07) is 16.2. The van der Waals surface area contributed by atoms with Crippen molar-refractivity contribution < 1.29 is 22.4 Å². The number of hydrogen-bond donors (Lipinski definition) is 1. The van der Waals surface area contributed by atoms with E-state index in [2.05, 4.69) is 39.4 Å². The summed E-state index contributed by atoms with van der Waals surface area (Å²) in [4.78, 5) is 23.4. The van der Waals surface area contributed by atoms with Gasteiger partial charge in [0.2, 0.25) is 10.0 Å². The van der Waals surface area contributed by atoms with Crippen molar-refractivity contribution >= 4 is 38.9 Å². The maximum absolute atomic E-state index is 15.1. The summed E-state index contributed by atoms with van der Waals surface area (Å²) in [5.41, 5.74) is 2.85. The topological polar surface area (TPSA) is 85.4 Å². The number of rotatable bonds is 5. The third-order valence-corrected chi connectivity index (χ3v) is 11.2. The second kappa shape index (κ2) is 10.0. The van der Waals surface area contributed by atoms with Crippen molar-refractivity contribution in [2.24, 2.45) is 17.8 Å². The average molecular weight is 584 g/mol. The SMILES string of the molecule is CS(=O)(=O)N1CCN(c2ccc(N3CCN(OC(=O)NC4[C@@H]5CC6C[C@H]4CC(F)(C6)C5)c4ccccc43)cc2)CC1. The summed E-state index contributed by atoms with van der Waals surface area (Å²) in [7, 11) is -3.16. The van der Waals surface area contributed by atoms with E-state index in [1.165, 1.54) is 10.6 Å². The standard InChI is InChI=1S/C30H38FN5O4S/c1-41(38,39)34-12-10-33(11-13-34)24-6-8-25(9-7-24)35-14-15-36(27-5-3-2-4-26(27)35)40-29(37)32-28-22-16-21-17-23(28)20-30(31,18-21)19-22/h2-9,21-23,28H,10-20H2,1H3,(H,32,37)/t21?,22-,23+,28?,30?. The molecule has 11 heteroatoms. The second-order valence-electron chi connectivity index (χ2n) is 12.6. The van der Waals surface area contributed by atoms with Crippen LogP contribution in [0.5, 0.6) is 0 Å². The molecule has 6 aliphatic rings. The molecule has 0 spiro atoms. The van der Waals surface area contributed by atoms with Crippen molar-refractivity contribution in [1.82, 2.24) is 9.62 Å². The molecule has 1 N–H and O–H groups in total. The summed E-state index contributed by atoms with van der Waals surface area (Å²) in [6.07, 6.45) is 4.62. The van der Waals surface area contributed by atoms with Crippen molar-refractivity contribution in [2.45, 2.75) is 43.8 Å². The minimum Gasteiger partial charge on any atom is -0.369 e. The molecular formula is C30H38FN5O4S. The molecule has 2 aromatic rings. The number of fused-ring (bicyclic) bond motifs is 1. The highest BCUT2D eigenvalue weighted by Gasteiger charge is 2.56. The van der Waals surface area contributed by atoms with E-state index in [4.69, 9.17) is 4.84 Å². The van der Waals surface area contributed by atoms with Crippen molar-refractivity contribution in [2.75, 3.05) is 60.4 Å². The van der Waals surface area contributed by atoms with E-state index in [0.29, 0.717) is 64.4 Å². The Hall–Kier alpha value is -3.05. The van der Waals surface area contributed by atoms with Gasteiger partial charge in [-0.1, -0.05) is 12.1 Å². The van der Waals surface area contributed by atoms with Crippen molar-refractivity contribution in [1.29, 1.82) is 0 Å². The van der Waals surface area contributed by atoms with E-state index in [9.17, 15) is 13.2 Å². The lowest BCUT2D eigenvalue weighted by Crippen LogP contribution is -2.60. The maximum Gasteiger partial charge on any atom is 0.431 e. The fourth-order valence-electron chi connectivity index (χ4n) is 8.24. The van der Waals surface area contributed by atoms with Crippen LogP contribution in [-0.4, -0.2) is 76.1 Å². The molecule has 5 fully saturated rings. The molecule has 4 aliphatic carbocycles. The fourth-order valence-corrected chi connectivity index (χ4v) is 9.07. The number of hydroxylamine groups is 1. The lowest BCUT2D eigenvalue weighted by atomic mass is 9.53. The van der Waals surface area contributed by atoms with Crippen LogP contribution in [0.4, 0.5) is 31.9 Å². The Balaban J connectivity index is 1.01. The van der Waals surface area contributed by atoms with Crippen LogP contribution in [-0.2, 0) is 14.9 Å². The first-order valence-electron chi connectivity index (χ1n) is 14.8. The Bertz CT molecular complexity index is 1400. The molecule has 2 aliphatic heterocycles. The van der Waals surface area contributed by atoms with Crippen LogP contribution >= 0.6 is 0 Å². The first-order valence-corrected chi connectivity index (χ1v) is 16.6. The molecule has 8 rings (SSSR count). The van der Waals surface area contributed by atoms with E-state index < -0.39 is 21.8 Å². The molecule has 1 saturated heterocycles. The summed E-state index contributed by atoms with van der Waals surface area (Å²) in [6.45, 7) is 3.44. The number of piperazine rings is 1. The number of carbonyl (C=O) groups excluding carboxylic acids is 1. The van der Waals surface area contributed by atoms with Gasteiger partial charge in [0.1, 0.15) is 5.67 Å². The number of nitrogens with zero attached hydrogens (tertiary/aromatic N) is 4. The van der Waals surface area contributed by atoms with Gasteiger partial charge in [0.15, 0.2) is 0 Å². The Morgan fingerprint density at radius 3 is 2.15 bits per heavy atom. The average Bonchev–Trinajstić information content (AvgIpc) is 2.94. The van der Waals surface area contributed by atoms with Crippen molar-refractivity contribution in [3.8, 4) is 0 Å². The first-order chi connectivity index (χ1) is 19.6. The zero-order valence-corrected chi connectivity index (χ0v) is 24.2. The number of alkyl halides is 1. The van der Waals surface area contributed by atoms with Crippen LogP contribution in [0.1, 0.15) is 32.1 Å². The number of carbonyl (C=O) groups is 1. The Kier molecular flexibility index (Phi) is 6.57. The Morgan fingerprint density at radius 2 is 1.51 bits per heavy atom. The molecule has 1 amide bonds. The van der Waals surface area contributed by atoms with Gasteiger partial charge >= 0.3 is 6.09 Å². The van der Waals surface area contributed by atoms with Crippen molar-refractivity contribution in [3.63, 3.8) is 0 Å². The van der Waals surface area contributed by atoms with Crippen molar-refractivity contribution in [3.05, 3.63) is 48.5 Å². The van der Waals surface area contributed by atoms with Gasteiger partial charge in [-0.3, -0.25) is 0 Å². The zero-order chi connectivity index (χ0) is 28.4. The second-order valence-corrected chi connectivity index (χ2v) is 14.6. The minimum atomic E-state index is -3.16. The van der Waals surface area contributed by atoms with Crippen LogP contribution in [0.25, 0.3) is 0 Å². The van der Waals surface area contributed by atoms with Crippen LogP contribution in [0.3, 0.4) is 0 Å². The smallest absolute Gasteiger partial charge is 0.369 e. The van der Waals surface area contributed by atoms with E-state index in [0.717, 1.165) is 35.6 Å². The number of amides is 1. The zero-order valence-electron chi connectivity index (χ0n) is 23.4. The van der Waals surface area contributed by atoms with Gasteiger partial charge in [-0.15, -0.1) is 0 Å². The number of halogens is 1. The van der Waals surface area contributed by atoms with E-state index in [1.807, 2.05) is 24.3 Å². The molecular weight excluding hydrogens is 545 g/mol. The number of sulfonamides is 1. The van der Waals surface area contributed by atoms with Crippen LogP contribution < -0.4 is 20.2 Å². The lowest BCUT2D eigenvalue weighted by molar-refractivity contribution is -0.0917. The van der Waals surface area contributed by atoms with Gasteiger partial charge in [-0.25, -0.2) is 22.7 Å². The van der Waals surface area contributed by atoms with Crippen LogP contribution in [0, 0.1) is 17.8 Å². The predicted octanol–water partition coefficient (Wildman–Crippen LogP) is 4.28. The largest absolute Gasteiger partial charge is 0.431 e. The highest BCUT2D eigenvalue weighted by Crippen LogP contribution is 2.57. The fraction of sp³-hybridized carbons (Fsp3) is 0.567. The Labute approximate surface area is 241 Å². The van der Waals surface area contributed by atoms with Gasteiger partial charge in [-0.2, -0.15) is 4.31 Å². The lowest BCUT2D eigenvalue weighted by Gasteiger charge is -2.56. The molecule has 4 bridgehead atoms. The quantitative estimate of drug-likeness (QED) is 0.562. The summed E-state index contributed by atoms with van der Waals surface area (Å²) in [5, 5.41) is 4.79. The van der Waals surface area contributed by atoms with Crippen LogP contribution in [0.15, 0.2) is 48.5 Å². The molecule has 9 nitrogen and oxygen atoms in total. The highest BCUT2D eigenvalue weighted by molar-refractivity contribution is 7.88. The molecule has 0 radical (unpaired) electrons. The molecule has 41 heavy (non-hydrogen) atoms. The van der Waals surface area contributed by atoms with E-state index in [-0.39, 0.29) is 17.9 Å². The Morgan fingerprint density at radius 1 is 0.878 bits per heavy atom. The van der Waals surface area contributed by atoms with Gasteiger partial charge in [0.05, 0.1) is 24.2 Å². The third kappa shape index (κ3) is 5.11. The molecule has 0 aromatic heterocycles. The van der Waals surface area contributed by atoms with Gasteiger partial charge in [0, 0.05) is 50.1 Å². The molecule has 5 atom stereocenters. The van der Waals surface area contributed by atoms with E-state index in [1.54, 1.807) is 5.06 Å². The number of para-hydroxylation sites is 2. The number of nitrogens with one attached hydrogen (secondary N) is 1. The summed E-state index contributed by atoms with van der Waals surface area (Å²) >= 11 is 0. The summed E-state index contributed by atoms with van der Waals surface area (Å²) in [5.74, 6) is 0.870. The highest BCUT2D eigenvalue weighted by atomic mass is 32.2. The molecule has 220 valence electrons. The van der Waals surface area contributed by atoms with E-state index >= 15 is 4.39 Å². The molecule has 3 unspecified atom stereocenters. The number of hydrogen-bond acceptors (Lipinski definition) is 7. The van der Waals surface area contributed by atoms with Gasteiger partial charge in [0.25, 0.3) is 0 Å². The van der Waals surface area contributed by atoms with Crippen LogP contribution in [0.2, 0.25) is 0 Å². The monoisotopic (exact) mass is 583 g/mol. The molecule has 4 saturated carbocycles.